The minimum atomic E-state index is -4.56. The highest BCUT2D eigenvalue weighted by molar-refractivity contribution is 6.32. The summed E-state index contributed by atoms with van der Waals surface area (Å²) in [5.41, 5.74) is -1.15. The van der Waals surface area contributed by atoms with E-state index in [0.717, 1.165) is 37.8 Å². The third-order valence-electron chi connectivity index (χ3n) is 4.23. The van der Waals surface area contributed by atoms with Crippen molar-refractivity contribution >= 4 is 17.4 Å². The number of Topliss-reactive ketones (excluding diaryl/α,β-unsaturated/α-hetero) is 1. The summed E-state index contributed by atoms with van der Waals surface area (Å²) in [5.74, 6) is -0.423. The normalized spacial score (nSPS) is 22.1. The Balaban J connectivity index is 2.32. The molecular weight excluding hydrogens is 303 g/mol. The molecule has 1 aliphatic carbocycles. The summed E-state index contributed by atoms with van der Waals surface area (Å²) >= 11 is 5.81. The summed E-state index contributed by atoms with van der Waals surface area (Å²) in [7, 11) is 0. The molecule has 21 heavy (non-hydrogen) atoms. The number of hydrogen-bond donors (Lipinski definition) is 0. The second kappa shape index (κ2) is 5.59. The molecule has 1 unspecified atom stereocenters. The molecular formula is C15H17ClF3NO. The Morgan fingerprint density at radius 3 is 2.52 bits per heavy atom. The van der Waals surface area contributed by atoms with E-state index in [1.165, 1.54) is 0 Å². The van der Waals surface area contributed by atoms with E-state index in [2.05, 4.69) is 4.98 Å². The molecule has 1 aromatic heterocycles. The van der Waals surface area contributed by atoms with E-state index in [4.69, 9.17) is 11.6 Å². The van der Waals surface area contributed by atoms with Gasteiger partial charge in [0.2, 0.25) is 0 Å². The first kappa shape index (κ1) is 16.3. The molecule has 0 saturated heterocycles. The number of hydrogen-bond acceptors (Lipinski definition) is 2. The summed E-state index contributed by atoms with van der Waals surface area (Å²) in [4.78, 5) is 15.9. The van der Waals surface area contributed by atoms with Crippen molar-refractivity contribution in [2.75, 3.05) is 0 Å². The third-order valence-corrected chi connectivity index (χ3v) is 4.52. The fourth-order valence-electron chi connectivity index (χ4n) is 2.94. The van der Waals surface area contributed by atoms with Gasteiger partial charge in [0.25, 0.3) is 0 Å². The summed E-state index contributed by atoms with van der Waals surface area (Å²) in [6.45, 7) is 4.03. The van der Waals surface area contributed by atoms with Crippen LogP contribution in [0.3, 0.4) is 0 Å². The summed E-state index contributed by atoms with van der Waals surface area (Å²) < 4.78 is 37.7. The van der Waals surface area contributed by atoms with Crippen LogP contribution in [0.5, 0.6) is 0 Å². The molecule has 2 nitrogen and oxygen atoms in total. The average molecular weight is 320 g/mol. The highest BCUT2D eigenvalue weighted by atomic mass is 35.5. The molecule has 1 atom stereocenters. The number of aromatic nitrogens is 1. The first-order valence-corrected chi connectivity index (χ1v) is 7.29. The predicted molar refractivity (Wildman–Crippen MR) is 74.3 cm³/mol. The fourth-order valence-corrected chi connectivity index (χ4v) is 3.19. The molecule has 1 aliphatic rings. The molecule has 1 saturated carbocycles. The maximum absolute atomic E-state index is 12.6. The lowest BCUT2D eigenvalue weighted by Gasteiger charge is -2.37. The highest BCUT2D eigenvalue weighted by Crippen LogP contribution is 2.43. The van der Waals surface area contributed by atoms with Crippen molar-refractivity contribution in [2.24, 2.45) is 11.3 Å². The molecule has 0 aliphatic heterocycles. The molecule has 0 radical (unpaired) electrons. The maximum Gasteiger partial charge on any atom is 0.433 e. The number of nitrogens with zero attached hydrogens (tertiary/aromatic N) is 1. The molecule has 1 fully saturated rings. The summed E-state index contributed by atoms with van der Waals surface area (Å²) in [5, 5.41) is -0.365. The largest absolute Gasteiger partial charge is 0.433 e. The molecule has 0 N–H and O–H groups in total. The van der Waals surface area contributed by atoms with E-state index >= 15 is 0 Å². The Labute approximate surface area is 126 Å². The van der Waals surface area contributed by atoms with E-state index in [1.54, 1.807) is 0 Å². The van der Waals surface area contributed by atoms with E-state index in [-0.39, 0.29) is 27.8 Å². The highest BCUT2D eigenvalue weighted by Gasteiger charge is 2.39. The Morgan fingerprint density at radius 1 is 1.33 bits per heavy atom. The van der Waals surface area contributed by atoms with Crippen LogP contribution in [0, 0.1) is 11.3 Å². The van der Waals surface area contributed by atoms with Gasteiger partial charge in [-0.05, 0) is 30.4 Å². The molecule has 0 amide bonds. The zero-order valence-electron chi connectivity index (χ0n) is 11.9. The van der Waals surface area contributed by atoms with Gasteiger partial charge in [0, 0.05) is 5.92 Å². The van der Waals surface area contributed by atoms with Crippen LogP contribution in [0.2, 0.25) is 5.15 Å². The SMILES string of the molecule is CC1(C)CCCCC1C(=O)c1ccc(C(F)(F)F)nc1Cl. The minimum absolute atomic E-state index is 0.0876. The van der Waals surface area contributed by atoms with Crippen molar-refractivity contribution in [3.05, 3.63) is 28.5 Å². The van der Waals surface area contributed by atoms with Gasteiger partial charge < -0.3 is 0 Å². The molecule has 0 bridgehead atoms. The molecule has 0 aromatic carbocycles. The van der Waals surface area contributed by atoms with E-state index < -0.39 is 11.9 Å². The van der Waals surface area contributed by atoms with Crippen molar-refractivity contribution < 1.29 is 18.0 Å². The fraction of sp³-hybridized carbons (Fsp3) is 0.600. The van der Waals surface area contributed by atoms with Gasteiger partial charge in [-0.25, -0.2) is 4.98 Å². The second-order valence-electron chi connectivity index (χ2n) is 6.18. The Hall–Kier alpha value is -1.10. The van der Waals surface area contributed by atoms with Crippen molar-refractivity contribution in [2.45, 2.75) is 45.7 Å². The number of carbonyl (C=O) groups is 1. The van der Waals surface area contributed by atoms with Gasteiger partial charge in [-0.1, -0.05) is 38.3 Å². The third kappa shape index (κ3) is 3.39. The summed E-state index contributed by atoms with van der Waals surface area (Å²) in [6.07, 6.45) is -0.880. The zero-order chi connectivity index (χ0) is 15.8. The first-order chi connectivity index (χ1) is 9.63. The quantitative estimate of drug-likeness (QED) is 0.557. The van der Waals surface area contributed by atoms with Crippen LogP contribution in [0.1, 0.15) is 55.6 Å². The van der Waals surface area contributed by atoms with Crippen LogP contribution in [0.15, 0.2) is 12.1 Å². The van der Waals surface area contributed by atoms with Crippen LogP contribution >= 0.6 is 11.6 Å². The van der Waals surface area contributed by atoms with Crippen LogP contribution in [-0.2, 0) is 6.18 Å². The monoisotopic (exact) mass is 319 g/mol. The number of rotatable bonds is 2. The number of alkyl halides is 3. The van der Waals surface area contributed by atoms with Gasteiger partial charge in [-0.2, -0.15) is 13.2 Å². The zero-order valence-corrected chi connectivity index (χ0v) is 12.7. The molecule has 1 heterocycles. The van der Waals surface area contributed by atoms with Crippen molar-refractivity contribution in [3.63, 3.8) is 0 Å². The second-order valence-corrected chi connectivity index (χ2v) is 6.54. The van der Waals surface area contributed by atoms with Gasteiger partial charge in [0.15, 0.2) is 5.78 Å². The lowest BCUT2D eigenvalue weighted by atomic mass is 9.66. The molecule has 116 valence electrons. The average Bonchev–Trinajstić information content (AvgIpc) is 2.36. The lowest BCUT2D eigenvalue weighted by Crippen LogP contribution is -2.34. The minimum Gasteiger partial charge on any atom is -0.294 e. The number of pyridine rings is 1. The van der Waals surface area contributed by atoms with Crippen molar-refractivity contribution in [1.29, 1.82) is 0 Å². The number of carbonyl (C=O) groups excluding carboxylic acids is 1. The molecule has 2 rings (SSSR count). The molecule has 1 aromatic rings. The van der Waals surface area contributed by atoms with E-state index in [1.807, 2.05) is 13.8 Å². The lowest BCUT2D eigenvalue weighted by molar-refractivity contribution is -0.141. The number of halogens is 4. The summed E-state index contributed by atoms with van der Waals surface area (Å²) in [6, 6.07) is 1.96. The van der Waals surface area contributed by atoms with Gasteiger partial charge >= 0.3 is 6.18 Å². The van der Waals surface area contributed by atoms with Gasteiger partial charge in [0.05, 0.1) is 5.56 Å². The molecule has 6 heteroatoms. The number of ketones is 1. The Morgan fingerprint density at radius 2 is 2.00 bits per heavy atom. The first-order valence-electron chi connectivity index (χ1n) is 6.91. The van der Waals surface area contributed by atoms with Gasteiger partial charge in [-0.15, -0.1) is 0 Å². The van der Waals surface area contributed by atoms with Crippen molar-refractivity contribution in [1.82, 2.24) is 4.98 Å². The predicted octanol–water partition coefficient (Wildman–Crippen LogP) is 5.15. The van der Waals surface area contributed by atoms with E-state index in [0.29, 0.717) is 0 Å². The van der Waals surface area contributed by atoms with Crippen LogP contribution < -0.4 is 0 Å². The van der Waals surface area contributed by atoms with Gasteiger partial charge in [-0.3, -0.25) is 4.79 Å². The van der Waals surface area contributed by atoms with Gasteiger partial charge in [0.1, 0.15) is 10.8 Å². The van der Waals surface area contributed by atoms with E-state index in [9.17, 15) is 18.0 Å². The Kier molecular flexibility index (Phi) is 4.34. The maximum atomic E-state index is 12.6. The van der Waals surface area contributed by atoms with Crippen LogP contribution in [-0.4, -0.2) is 10.8 Å². The Bertz CT molecular complexity index is 554. The smallest absolute Gasteiger partial charge is 0.294 e. The van der Waals surface area contributed by atoms with Crippen molar-refractivity contribution in [3.8, 4) is 0 Å². The topological polar surface area (TPSA) is 30.0 Å². The van der Waals surface area contributed by atoms with Crippen LogP contribution in [0.4, 0.5) is 13.2 Å². The standard InChI is InChI=1S/C15H17ClF3NO/c1-14(2)8-4-3-5-10(14)12(21)9-6-7-11(15(17,18)19)20-13(9)16/h6-7,10H,3-5,8H2,1-2H3. The van der Waals surface area contributed by atoms with Crippen LogP contribution in [0.25, 0.3) is 0 Å². The molecule has 0 spiro atoms.